The molecule has 3 aliphatic heterocycles. The van der Waals surface area contributed by atoms with Crippen LogP contribution in [0.1, 0.15) is 31.7 Å². The predicted molar refractivity (Wildman–Crippen MR) is 165 cm³/mol. The normalized spacial score (nSPS) is 28.0. The Hall–Kier alpha value is -3.93. The van der Waals surface area contributed by atoms with Crippen molar-refractivity contribution in [3.8, 4) is 0 Å². The number of likely N-dealkylation sites (tertiary alicyclic amines) is 1. The molecule has 0 saturated carbocycles. The van der Waals surface area contributed by atoms with Crippen molar-refractivity contribution in [3.05, 3.63) is 35.4 Å². The first-order valence-electron chi connectivity index (χ1n) is 15.2. The van der Waals surface area contributed by atoms with E-state index >= 15 is 0 Å². The number of ether oxygens (including phenoxy) is 3. The van der Waals surface area contributed by atoms with Crippen molar-refractivity contribution in [2.75, 3.05) is 37.8 Å². The number of aliphatic hydroxyl groups is 1. The molecule has 0 bridgehead atoms. The molecule has 24 nitrogen and oxygen atoms in total. The van der Waals surface area contributed by atoms with Gasteiger partial charge in [0.25, 0.3) is 0 Å². The van der Waals surface area contributed by atoms with Crippen molar-refractivity contribution < 1.29 is 66.3 Å². The van der Waals surface area contributed by atoms with Crippen LogP contribution in [0.15, 0.2) is 29.7 Å². The number of aromatic nitrogens is 6. The van der Waals surface area contributed by atoms with Gasteiger partial charge in [-0.2, -0.15) is 4.98 Å². The maximum atomic E-state index is 13.3. The van der Waals surface area contributed by atoms with Gasteiger partial charge < -0.3 is 50.4 Å². The highest BCUT2D eigenvalue weighted by atomic mass is 31.2. The third kappa shape index (κ3) is 8.42. The van der Waals surface area contributed by atoms with E-state index in [9.17, 15) is 43.3 Å². The van der Waals surface area contributed by atoms with E-state index in [-0.39, 0.29) is 41.5 Å². The van der Waals surface area contributed by atoms with Gasteiger partial charge in [0.1, 0.15) is 54.9 Å². The molecule has 1 amide bonds. The van der Waals surface area contributed by atoms with E-state index in [4.69, 9.17) is 34.7 Å². The van der Waals surface area contributed by atoms with Crippen molar-refractivity contribution in [3.63, 3.8) is 0 Å². The number of phosphoric acid groups is 2. The minimum absolute atomic E-state index is 0.0305. The Bertz CT molecular complexity index is 1940. The second-order valence-corrected chi connectivity index (χ2v) is 14.3. The number of hydrogen-bond donors (Lipinski definition) is 6. The molecule has 0 aromatic carbocycles. The third-order valence-electron chi connectivity index (χ3n) is 8.15. The second kappa shape index (κ2) is 14.6. The summed E-state index contributed by atoms with van der Waals surface area (Å²) in [4.78, 5) is 83.5. The smallest absolute Gasteiger partial charge is 0.455 e. The fourth-order valence-electron chi connectivity index (χ4n) is 5.82. The van der Waals surface area contributed by atoms with Crippen LogP contribution < -0.4 is 17.2 Å². The average Bonchev–Trinajstić information content (AvgIpc) is 3.82. The van der Waals surface area contributed by atoms with Gasteiger partial charge in [-0.3, -0.25) is 32.3 Å². The first kappa shape index (κ1) is 36.8. The lowest BCUT2D eigenvalue weighted by atomic mass is 10.1. The second-order valence-electron chi connectivity index (χ2n) is 11.6. The number of nitrogens with two attached hydrogens (primary N) is 2. The number of anilines is 2. The van der Waals surface area contributed by atoms with Crippen molar-refractivity contribution >= 4 is 50.3 Å². The van der Waals surface area contributed by atoms with Crippen LogP contribution in [0.3, 0.4) is 0 Å². The van der Waals surface area contributed by atoms with Crippen LogP contribution in [0.5, 0.6) is 0 Å². The number of phosphoric ester groups is 2. The lowest BCUT2D eigenvalue weighted by molar-refractivity contribution is -0.159. The SMILES string of the molecule is Nc1ccn([C@H]2C[C@@H](OP(=O)(O)OCC3OC(n4cnc5c(N)ncnc54)C(O)C3OC(=O)CN3CCCC3=O)C(COP(=O)(O)O)O2)c(=O)n1. The Balaban J connectivity index is 1.19. The number of imidazole rings is 1. The van der Waals surface area contributed by atoms with Crippen molar-refractivity contribution in [1.82, 2.24) is 34.0 Å². The zero-order valence-corrected chi connectivity index (χ0v) is 28.0. The highest BCUT2D eigenvalue weighted by molar-refractivity contribution is 7.47. The van der Waals surface area contributed by atoms with E-state index in [1.165, 1.54) is 28.1 Å². The van der Waals surface area contributed by atoms with Gasteiger partial charge >= 0.3 is 27.3 Å². The lowest BCUT2D eigenvalue weighted by Crippen LogP contribution is -2.41. The quantitative estimate of drug-likeness (QED) is 0.0805. The van der Waals surface area contributed by atoms with Crippen molar-refractivity contribution in [1.29, 1.82) is 0 Å². The van der Waals surface area contributed by atoms with Crippen LogP contribution >= 0.6 is 15.6 Å². The van der Waals surface area contributed by atoms with Crippen molar-refractivity contribution in [2.24, 2.45) is 0 Å². The fourth-order valence-corrected chi connectivity index (χ4v) is 7.12. The minimum atomic E-state index is -5.14. The number of nitrogen functional groups attached to an aromatic ring is 2. The molecule has 3 saturated heterocycles. The van der Waals surface area contributed by atoms with E-state index in [0.717, 1.165) is 10.9 Å². The molecule has 6 rings (SSSR count). The monoisotopic (exact) mass is 761 g/mol. The summed E-state index contributed by atoms with van der Waals surface area (Å²) in [6.07, 6.45) is -5.84. The predicted octanol–water partition coefficient (Wildman–Crippen LogP) is -2.06. The molecule has 51 heavy (non-hydrogen) atoms. The molecule has 3 aromatic rings. The minimum Gasteiger partial charge on any atom is -0.455 e. The Morgan fingerprint density at radius 1 is 1.04 bits per heavy atom. The molecule has 8 N–H and O–H groups in total. The number of carbonyl (C=O) groups is 2. The van der Waals surface area contributed by atoms with Gasteiger partial charge in [-0.15, -0.1) is 0 Å². The van der Waals surface area contributed by atoms with Crippen LogP contribution in [-0.4, -0.2) is 122 Å². The third-order valence-corrected chi connectivity index (χ3v) is 9.65. The lowest BCUT2D eigenvalue weighted by Gasteiger charge is -2.24. The summed E-state index contributed by atoms with van der Waals surface area (Å²) < 4.78 is 59.1. The van der Waals surface area contributed by atoms with Crippen LogP contribution in [0.2, 0.25) is 0 Å². The summed E-state index contributed by atoms with van der Waals surface area (Å²) in [5.74, 6) is -1.22. The zero-order valence-electron chi connectivity index (χ0n) is 26.3. The molecule has 0 spiro atoms. The first-order valence-corrected chi connectivity index (χ1v) is 18.2. The number of carbonyl (C=O) groups excluding carboxylic acids is 2. The summed E-state index contributed by atoms with van der Waals surface area (Å²) in [7, 11) is -10.2. The summed E-state index contributed by atoms with van der Waals surface area (Å²) in [6.45, 7) is -1.75. The Kier molecular flexibility index (Phi) is 10.5. The number of rotatable bonds is 13. The number of hydrogen-bond acceptors (Lipinski definition) is 18. The maximum absolute atomic E-state index is 13.3. The molecular formula is C25H33N9O15P2. The molecule has 3 aromatic heterocycles. The number of esters is 1. The molecule has 3 aliphatic rings. The molecule has 8 atom stereocenters. The Labute approximate surface area is 286 Å². The maximum Gasteiger partial charge on any atom is 0.472 e. The van der Waals surface area contributed by atoms with Gasteiger partial charge in [-0.1, -0.05) is 0 Å². The van der Waals surface area contributed by atoms with E-state index in [0.29, 0.717) is 13.0 Å². The number of nitrogens with zero attached hydrogens (tertiary/aromatic N) is 7. The van der Waals surface area contributed by atoms with Gasteiger partial charge in [-0.25, -0.2) is 28.9 Å². The fraction of sp³-hybridized carbons (Fsp3) is 0.560. The highest BCUT2D eigenvalue weighted by Gasteiger charge is 2.50. The summed E-state index contributed by atoms with van der Waals surface area (Å²) in [6, 6.07) is 1.28. The Morgan fingerprint density at radius 3 is 2.51 bits per heavy atom. The molecule has 3 fully saturated rings. The van der Waals surface area contributed by atoms with Gasteiger partial charge in [0.2, 0.25) is 5.91 Å². The van der Waals surface area contributed by atoms with Crippen LogP contribution in [0.25, 0.3) is 11.2 Å². The largest absolute Gasteiger partial charge is 0.472 e. The van der Waals surface area contributed by atoms with Gasteiger partial charge in [0.15, 0.2) is 23.8 Å². The number of fused-ring (bicyclic) bond motifs is 1. The molecule has 278 valence electrons. The van der Waals surface area contributed by atoms with E-state index in [1.54, 1.807) is 0 Å². The highest BCUT2D eigenvalue weighted by Crippen LogP contribution is 2.50. The molecule has 0 aliphatic carbocycles. The Morgan fingerprint density at radius 2 is 1.80 bits per heavy atom. The van der Waals surface area contributed by atoms with Gasteiger partial charge in [0.05, 0.1) is 19.5 Å². The van der Waals surface area contributed by atoms with E-state index in [2.05, 4.69) is 24.5 Å². The van der Waals surface area contributed by atoms with Gasteiger partial charge in [0, 0.05) is 25.6 Å². The summed E-state index contributed by atoms with van der Waals surface area (Å²) in [5.41, 5.74) is 10.9. The molecular weight excluding hydrogens is 728 g/mol. The molecule has 0 radical (unpaired) electrons. The molecule has 6 heterocycles. The number of amides is 1. The van der Waals surface area contributed by atoms with Crippen LogP contribution in [0.4, 0.5) is 11.6 Å². The average molecular weight is 762 g/mol. The first-order chi connectivity index (χ1) is 24.1. The zero-order chi connectivity index (χ0) is 36.7. The molecule has 26 heteroatoms. The summed E-state index contributed by atoms with van der Waals surface area (Å²) >= 11 is 0. The van der Waals surface area contributed by atoms with E-state index < -0.39 is 90.0 Å². The standard InChI is InChI=1S/C25H33N9O15P2/c26-15-3-5-33(25(38)31-15)17-6-12(13(46-17)8-44-50(39,40)41)49-51(42,43)45-9-14-21(48-18(36)7-32-4-1-2-16(32)35)20(37)24(47-14)34-11-30-19-22(27)28-10-29-23(19)34/h3,5,10-14,17,20-21,24,37H,1-2,4,6-9H2,(H,42,43)(H2,26,31,38)(H2,27,28,29)(H2,39,40,41)/t12-,13?,14?,17-,20?,21?,24?/m1/s1. The number of aliphatic hydroxyl groups excluding tert-OH is 1. The van der Waals surface area contributed by atoms with Crippen LogP contribution in [-0.2, 0) is 46.5 Å². The van der Waals surface area contributed by atoms with Crippen LogP contribution in [0, 0.1) is 0 Å². The summed E-state index contributed by atoms with van der Waals surface area (Å²) in [5, 5.41) is 11.3. The van der Waals surface area contributed by atoms with Gasteiger partial charge in [-0.05, 0) is 12.5 Å². The molecule has 6 unspecified atom stereocenters. The topological polar surface area (TPSA) is 338 Å². The van der Waals surface area contributed by atoms with Crippen molar-refractivity contribution in [2.45, 2.75) is 62.2 Å². The van der Waals surface area contributed by atoms with E-state index in [1.807, 2.05) is 0 Å².